The smallest absolute Gasteiger partial charge is 0.250 e. The van der Waals surface area contributed by atoms with E-state index in [0.717, 1.165) is 17.1 Å². The van der Waals surface area contributed by atoms with Crippen LogP contribution < -0.4 is 20.3 Å². The standard InChI is InChI=1S/C25H29N5O4S/c1-32-14-13-29-12-6-8-20(29)24-23(18-7-4-5-11-26-18)28-25(35)30(24)17-9-10-21(34-3)19(15-17)27-22(31)16-33-2/h4-12,15,23-24H,13-14,16H2,1-3H3,(H,27,31)(H,28,35)/t23-,24-/m1/s1. The summed E-state index contributed by atoms with van der Waals surface area (Å²) in [5.74, 6) is 0.263. The fourth-order valence-electron chi connectivity index (χ4n) is 4.28. The Morgan fingerprint density at radius 1 is 1.14 bits per heavy atom. The topological polar surface area (TPSA) is 89.9 Å². The number of carbonyl (C=O) groups is 1. The maximum Gasteiger partial charge on any atom is 0.250 e. The number of rotatable bonds is 10. The van der Waals surface area contributed by atoms with Crippen molar-refractivity contribution in [3.63, 3.8) is 0 Å². The number of nitrogens with one attached hydrogen (secondary N) is 2. The molecule has 1 aliphatic heterocycles. The second kappa shape index (κ2) is 11.3. The summed E-state index contributed by atoms with van der Waals surface area (Å²) in [6.45, 7) is 1.22. The maximum absolute atomic E-state index is 12.2. The first kappa shape index (κ1) is 24.6. The van der Waals surface area contributed by atoms with Crippen LogP contribution in [0, 0.1) is 0 Å². The van der Waals surface area contributed by atoms with E-state index in [-0.39, 0.29) is 24.6 Å². The molecule has 4 rings (SSSR count). The Bertz CT molecular complexity index is 1170. The van der Waals surface area contributed by atoms with E-state index in [4.69, 9.17) is 26.4 Å². The molecule has 184 valence electrons. The van der Waals surface area contributed by atoms with Crippen LogP contribution >= 0.6 is 12.2 Å². The van der Waals surface area contributed by atoms with Crippen molar-refractivity contribution in [3.8, 4) is 5.75 Å². The van der Waals surface area contributed by atoms with Gasteiger partial charge in [0.15, 0.2) is 5.11 Å². The molecule has 1 fully saturated rings. The summed E-state index contributed by atoms with van der Waals surface area (Å²) in [5.41, 5.74) is 3.28. The van der Waals surface area contributed by atoms with Crippen molar-refractivity contribution < 1.29 is 19.0 Å². The molecule has 0 spiro atoms. The summed E-state index contributed by atoms with van der Waals surface area (Å²) < 4.78 is 17.9. The molecule has 1 aliphatic rings. The first-order chi connectivity index (χ1) is 17.1. The normalized spacial score (nSPS) is 17.3. The van der Waals surface area contributed by atoms with Crippen molar-refractivity contribution in [2.45, 2.75) is 18.6 Å². The molecule has 9 nitrogen and oxygen atoms in total. The number of thiocarbonyl (C=S) groups is 1. The summed E-state index contributed by atoms with van der Waals surface area (Å²) in [4.78, 5) is 18.9. The van der Waals surface area contributed by atoms with Gasteiger partial charge in [0.25, 0.3) is 0 Å². The SMILES string of the molecule is COCCn1cccc1[C@@H]1[C@@H](c2ccccn2)NC(=S)N1c1ccc(OC)c(NC(=O)COC)c1. The average molecular weight is 496 g/mol. The number of carbonyl (C=O) groups excluding carboxylic acids is 1. The number of anilines is 2. The van der Waals surface area contributed by atoms with E-state index in [9.17, 15) is 4.79 Å². The first-order valence-corrected chi connectivity index (χ1v) is 11.6. The van der Waals surface area contributed by atoms with Crippen molar-refractivity contribution >= 4 is 34.6 Å². The lowest BCUT2D eigenvalue weighted by molar-refractivity contribution is -0.119. The van der Waals surface area contributed by atoms with Crippen LogP contribution in [-0.2, 0) is 20.8 Å². The minimum absolute atomic E-state index is 0.0611. The van der Waals surface area contributed by atoms with Crippen molar-refractivity contribution in [3.05, 3.63) is 72.3 Å². The number of benzene rings is 1. The molecular weight excluding hydrogens is 466 g/mol. The number of nitrogens with zero attached hydrogens (tertiary/aromatic N) is 3. The van der Waals surface area contributed by atoms with Gasteiger partial charge in [0.2, 0.25) is 5.91 Å². The number of methoxy groups -OCH3 is 3. The Labute approximate surface area is 210 Å². The zero-order valence-corrected chi connectivity index (χ0v) is 20.7. The van der Waals surface area contributed by atoms with Gasteiger partial charge < -0.3 is 34.3 Å². The monoisotopic (exact) mass is 495 g/mol. The third kappa shape index (κ3) is 5.29. The molecule has 3 aromatic rings. The molecule has 2 N–H and O–H groups in total. The second-order valence-corrected chi connectivity index (χ2v) is 8.37. The predicted molar refractivity (Wildman–Crippen MR) is 138 cm³/mol. The van der Waals surface area contributed by atoms with Crippen LogP contribution in [0.15, 0.2) is 60.9 Å². The number of pyridine rings is 1. The molecule has 0 radical (unpaired) electrons. The number of hydrogen-bond acceptors (Lipinski definition) is 6. The number of aromatic nitrogens is 2. The Balaban J connectivity index is 1.78. The van der Waals surface area contributed by atoms with Gasteiger partial charge in [0.05, 0.1) is 31.1 Å². The van der Waals surface area contributed by atoms with Crippen molar-refractivity contribution in [1.82, 2.24) is 14.9 Å². The highest BCUT2D eigenvalue weighted by atomic mass is 32.1. The molecule has 0 unspecified atom stereocenters. The Morgan fingerprint density at radius 3 is 2.71 bits per heavy atom. The van der Waals surface area contributed by atoms with Gasteiger partial charge in [0.1, 0.15) is 18.4 Å². The van der Waals surface area contributed by atoms with Crippen LogP contribution in [0.25, 0.3) is 0 Å². The quantitative estimate of drug-likeness (QED) is 0.414. The lowest BCUT2D eigenvalue weighted by atomic mass is 10.0. The molecular formula is C25H29N5O4S. The van der Waals surface area contributed by atoms with E-state index >= 15 is 0 Å². The number of hydrogen-bond donors (Lipinski definition) is 2. The average Bonchev–Trinajstić information content (AvgIpc) is 3.47. The highest BCUT2D eigenvalue weighted by molar-refractivity contribution is 7.80. The van der Waals surface area contributed by atoms with E-state index < -0.39 is 0 Å². The van der Waals surface area contributed by atoms with Gasteiger partial charge in [-0.2, -0.15) is 0 Å². The summed E-state index contributed by atoms with van der Waals surface area (Å²) in [6, 6.07) is 15.2. The fraction of sp³-hybridized carbons (Fsp3) is 0.320. The molecule has 10 heteroatoms. The van der Waals surface area contributed by atoms with Crippen LogP contribution in [0.1, 0.15) is 23.5 Å². The van der Waals surface area contributed by atoms with Crippen LogP contribution in [0.2, 0.25) is 0 Å². The van der Waals surface area contributed by atoms with E-state index in [1.807, 2.05) is 48.7 Å². The van der Waals surface area contributed by atoms with Gasteiger partial charge in [-0.05, 0) is 54.7 Å². The van der Waals surface area contributed by atoms with Gasteiger partial charge in [-0.3, -0.25) is 9.78 Å². The summed E-state index contributed by atoms with van der Waals surface area (Å²) >= 11 is 5.83. The van der Waals surface area contributed by atoms with Crippen molar-refractivity contribution in [1.29, 1.82) is 0 Å². The van der Waals surface area contributed by atoms with Crippen LogP contribution in [-0.4, -0.2) is 55.1 Å². The Morgan fingerprint density at radius 2 is 2.00 bits per heavy atom. The van der Waals surface area contributed by atoms with E-state index in [2.05, 4.69) is 31.2 Å². The van der Waals surface area contributed by atoms with Crippen LogP contribution in [0.3, 0.4) is 0 Å². The van der Waals surface area contributed by atoms with E-state index in [1.54, 1.807) is 20.4 Å². The molecule has 2 aromatic heterocycles. The van der Waals surface area contributed by atoms with Gasteiger partial charge in [-0.1, -0.05) is 6.07 Å². The molecule has 35 heavy (non-hydrogen) atoms. The Hall–Kier alpha value is -3.47. The van der Waals surface area contributed by atoms with Gasteiger partial charge >= 0.3 is 0 Å². The zero-order chi connectivity index (χ0) is 24.8. The number of amides is 1. The van der Waals surface area contributed by atoms with Crippen molar-refractivity contribution in [2.75, 3.05) is 44.8 Å². The van der Waals surface area contributed by atoms with Gasteiger partial charge in [0, 0.05) is 44.5 Å². The third-order valence-corrected chi connectivity index (χ3v) is 6.13. The first-order valence-electron chi connectivity index (χ1n) is 11.2. The van der Waals surface area contributed by atoms with E-state index in [0.29, 0.717) is 29.7 Å². The lowest BCUT2D eigenvalue weighted by Crippen LogP contribution is -2.30. The summed E-state index contributed by atoms with van der Waals surface area (Å²) in [5, 5.41) is 6.88. The second-order valence-electron chi connectivity index (χ2n) is 7.98. The minimum atomic E-state index is -0.276. The molecule has 0 saturated carbocycles. The molecule has 0 aliphatic carbocycles. The lowest BCUT2D eigenvalue weighted by Gasteiger charge is -2.29. The van der Waals surface area contributed by atoms with Crippen LogP contribution in [0.4, 0.5) is 11.4 Å². The fourth-order valence-corrected chi connectivity index (χ4v) is 4.63. The summed E-state index contributed by atoms with van der Waals surface area (Å²) in [7, 11) is 4.73. The maximum atomic E-state index is 12.2. The largest absolute Gasteiger partial charge is 0.495 e. The highest BCUT2D eigenvalue weighted by Crippen LogP contribution is 2.43. The van der Waals surface area contributed by atoms with Crippen LogP contribution in [0.5, 0.6) is 5.75 Å². The van der Waals surface area contributed by atoms with Gasteiger partial charge in [-0.15, -0.1) is 0 Å². The Kier molecular flexibility index (Phi) is 7.96. The molecule has 2 atom stereocenters. The van der Waals surface area contributed by atoms with Crippen molar-refractivity contribution in [2.24, 2.45) is 0 Å². The minimum Gasteiger partial charge on any atom is -0.495 e. The zero-order valence-electron chi connectivity index (χ0n) is 19.9. The predicted octanol–water partition coefficient (Wildman–Crippen LogP) is 3.30. The van der Waals surface area contributed by atoms with Gasteiger partial charge in [-0.25, -0.2) is 0 Å². The van der Waals surface area contributed by atoms with E-state index in [1.165, 1.54) is 7.11 Å². The number of ether oxygens (including phenoxy) is 3. The summed E-state index contributed by atoms with van der Waals surface area (Å²) in [6.07, 6.45) is 3.81. The molecule has 3 heterocycles. The highest BCUT2D eigenvalue weighted by Gasteiger charge is 2.42. The molecule has 1 amide bonds. The molecule has 1 aromatic carbocycles. The third-order valence-electron chi connectivity index (χ3n) is 5.81. The molecule has 0 bridgehead atoms. The molecule has 1 saturated heterocycles.